The van der Waals surface area contributed by atoms with Crippen LogP contribution < -0.4 is 4.90 Å². The summed E-state index contributed by atoms with van der Waals surface area (Å²) in [4.78, 5) is 2.35. The highest BCUT2D eigenvalue weighted by Crippen LogP contribution is 2.40. The first kappa shape index (κ1) is 33.6. The van der Waals surface area contributed by atoms with E-state index in [2.05, 4.69) is 229 Å². The maximum Gasteiger partial charge on any atom is 0.0462 e. The molecule has 264 valence electrons. The van der Waals surface area contributed by atoms with Gasteiger partial charge in [-0.05, 0) is 122 Å². The summed E-state index contributed by atoms with van der Waals surface area (Å²) in [6, 6.07) is 81.3. The Morgan fingerprint density at radius 3 is 1.09 bits per heavy atom. The van der Waals surface area contributed by atoms with Gasteiger partial charge >= 0.3 is 0 Å². The molecule has 0 aliphatic carbocycles. The highest BCUT2D eigenvalue weighted by molar-refractivity contribution is 7.25. The van der Waals surface area contributed by atoms with E-state index in [1.54, 1.807) is 0 Å². The Hall–Kier alpha value is -7.00. The van der Waals surface area contributed by atoms with E-state index in [9.17, 15) is 0 Å². The number of nitrogens with zero attached hydrogens (tertiary/aromatic N) is 1. The second-order valence-electron chi connectivity index (χ2n) is 14.2. The highest BCUT2D eigenvalue weighted by atomic mass is 32.1. The molecule has 10 aromatic rings. The van der Waals surface area contributed by atoms with Gasteiger partial charge in [-0.3, -0.25) is 0 Å². The molecule has 0 radical (unpaired) electrons. The van der Waals surface area contributed by atoms with Crippen LogP contribution in [0.15, 0.2) is 224 Å². The lowest BCUT2D eigenvalue weighted by Gasteiger charge is -2.26. The number of anilines is 3. The molecule has 2 heteroatoms. The van der Waals surface area contributed by atoms with Crippen LogP contribution in [0.1, 0.15) is 0 Å². The number of thiophene rings is 1. The van der Waals surface area contributed by atoms with Crippen molar-refractivity contribution in [2.24, 2.45) is 0 Å². The maximum atomic E-state index is 2.35. The normalized spacial score (nSPS) is 11.2. The fourth-order valence-corrected chi connectivity index (χ4v) is 8.87. The molecule has 0 aliphatic heterocycles. The van der Waals surface area contributed by atoms with Crippen LogP contribution in [0.5, 0.6) is 0 Å². The van der Waals surface area contributed by atoms with Gasteiger partial charge in [0.2, 0.25) is 0 Å². The first-order chi connectivity index (χ1) is 27.7. The third-order valence-corrected chi connectivity index (χ3v) is 11.8. The van der Waals surface area contributed by atoms with Crippen molar-refractivity contribution in [3.8, 4) is 55.6 Å². The molecule has 0 saturated carbocycles. The Kier molecular flexibility index (Phi) is 8.79. The lowest BCUT2D eigenvalue weighted by atomic mass is 9.97. The van der Waals surface area contributed by atoms with E-state index in [1.807, 2.05) is 11.3 Å². The topological polar surface area (TPSA) is 3.24 Å². The van der Waals surface area contributed by atoms with Gasteiger partial charge in [0, 0.05) is 37.2 Å². The van der Waals surface area contributed by atoms with Gasteiger partial charge in [0.05, 0.1) is 0 Å². The van der Waals surface area contributed by atoms with Crippen molar-refractivity contribution in [1.82, 2.24) is 0 Å². The van der Waals surface area contributed by atoms with Crippen LogP contribution in [0, 0.1) is 0 Å². The molecule has 1 aromatic heterocycles. The van der Waals surface area contributed by atoms with Gasteiger partial charge in [0.15, 0.2) is 0 Å². The Morgan fingerprint density at radius 1 is 0.232 bits per heavy atom. The molecular formula is C54H37NS. The molecule has 0 bridgehead atoms. The van der Waals surface area contributed by atoms with Crippen LogP contribution in [-0.4, -0.2) is 0 Å². The number of rotatable bonds is 8. The molecule has 1 nitrogen and oxygen atoms in total. The summed E-state index contributed by atoms with van der Waals surface area (Å²) in [5.74, 6) is 0. The molecule has 1 heterocycles. The predicted octanol–water partition coefficient (Wildman–Crippen LogP) is 15.9. The molecule has 0 saturated heterocycles. The van der Waals surface area contributed by atoms with Crippen molar-refractivity contribution < 1.29 is 0 Å². The standard InChI is InChI=1S/C54H37NS/c1-3-11-38(12-4-1)40-21-28-48(29-22-40)55(49-30-23-41(24-31-49)44-16-9-15-43(35-44)39-13-5-2-6-14-39)50-32-25-42(26-33-50)45-17-10-18-46(36-45)47-27-34-54-52(37-47)51-19-7-8-20-53(51)56-54/h1-37H. The fourth-order valence-electron chi connectivity index (χ4n) is 7.78. The van der Waals surface area contributed by atoms with Gasteiger partial charge < -0.3 is 4.90 Å². The molecule has 9 aromatic carbocycles. The summed E-state index contributed by atoms with van der Waals surface area (Å²) < 4.78 is 2.66. The van der Waals surface area contributed by atoms with Crippen LogP contribution in [0.2, 0.25) is 0 Å². The quantitative estimate of drug-likeness (QED) is 0.150. The van der Waals surface area contributed by atoms with Crippen molar-refractivity contribution in [2.75, 3.05) is 4.90 Å². The van der Waals surface area contributed by atoms with Crippen LogP contribution in [0.4, 0.5) is 17.1 Å². The van der Waals surface area contributed by atoms with E-state index in [1.165, 1.54) is 75.8 Å². The summed E-state index contributed by atoms with van der Waals surface area (Å²) in [6.07, 6.45) is 0. The van der Waals surface area contributed by atoms with E-state index >= 15 is 0 Å². The molecule has 0 aliphatic rings. The second-order valence-corrected chi connectivity index (χ2v) is 15.3. The van der Waals surface area contributed by atoms with Gasteiger partial charge in [-0.1, -0.05) is 158 Å². The number of fused-ring (bicyclic) bond motifs is 3. The Balaban J connectivity index is 0.984. The molecule has 0 atom stereocenters. The summed E-state index contributed by atoms with van der Waals surface area (Å²) in [7, 11) is 0. The van der Waals surface area contributed by atoms with Crippen LogP contribution >= 0.6 is 11.3 Å². The van der Waals surface area contributed by atoms with Gasteiger partial charge in [-0.15, -0.1) is 11.3 Å². The van der Waals surface area contributed by atoms with Crippen molar-refractivity contribution in [1.29, 1.82) is 0 Å². The van der Waals surface area contributed by atoms with Gasteiger partial charge in [0.1, 0.15) is 0 Å². The fraction of sp³-hybridized carbons (Fsp3) is 0. The van der Waals surface area contributed by atoms with E-state index < -0.39 is 0 Å². The van der Waals surface area contributed by atoms with E-state index in [-0.39, 0.29) is 0 Å². The number of hydrogen-bond donors (Lipinski definition) is 0. The molecule has 0 unspecified atom stereocenters. The molecular weight excluding hydrogens is 695 g/mol. The van der Waals surface area contributed by atoms with E-state index in [0.717, 1.165) is 17.1 Å². The molecule has 0 spiro atoms. The molecule has 0 amide bonds. The van der Waals surface area contributed by atoms with Crippen molar-refractivity contribution in [3.63, 3.8) is 0 Å². The number of benzene rings is 9. The zero-order valence-corrected chi connectivity index (χ0v) is 31.5. The second kappa shape index (κ2) is 14.7. The third-order valence-electron chi connectivity index (χ3n) is 10.7. The van der Waals surface area contributed by atoms with Gasteiger partial charge in [-0.2, -0.15) is 0 Å². The minimum Gasteiger partial charge on any atom is -0.311 e. The third kappa shape index (κ3) is 6.57. The molecule has 56 heavy (non-hydrogen) atoms. The molecule has 0 fully saturated rings. The molecule has 0 N–H and O–H groups in total. The van der Waals surface area contributed by atoms with Crippen molar-refractivity contribution in [3.05, 3.63) is 224 Å². The maximum absolute atomic E-state index is 2.35. The summed E-state index contributed by atoms with van der Waals surface area (Å²) in [5, 5.41) is 2.65. The number of hydrogen-bond acceptors (Lipinski definition) is 2. The summed E-state index contributed by atoms with van der Waals surface area (Å²) >= 11 is 1.86. The summed E-state index contributed by atoms with van der Waals surface area (Å²) in [5.41, 5.74) is 15.4. The average Bonchev–Trinajstić information content (AvgIpc) is 3.66. The lowest BCUT2D eigenvalue weighted by Crippen LogP contribution is -2.09. The lowest BCUT2D eigenvalue weighted by molar-refractivity contribution is 1.28. The monoisotopic (exact) mass is 731 g/mol. The van der Waals surface area contributed by atoms with Crippen molar-refractivity contribution in [2.45, 2.75) is 0 Å². The first-order valence-electron chi connectivity index (χ1n) is 19.1. The Bertz CT molecular complexity index is 2930. The summed E-state index contributed by atoms with van der Waals surface area (Å²) in [6.45, 7) is 0. The Morgan fingerprint density at radius 2 is 0.571 bits per heavy atom. The minimum absolute atomic E-state index is 1.10. The largest absolute Gasteiger partial charge is 0.311 e. The average molecular weight is 732 g/mol. The smallest absolute Gasteiger partial charge is 0.0462 e. The van der Waals surface area contributed by atoms with Crippen LogP contribution in [0.3, 0.4) is 0 Å². The minimum atomic E-state index is 1.10. The highest BCUT2D eigenvalue weighted by Gasteiger charge is 2.15. The van der Waals surface area contributed by atoms with Gasteiger partial charge in [0.25, 0.3) is 0 Å². The van der Waals surface area contributed by atoms with Gasteiger partial charge in [-0.25, -0.2) is 0 Å². The Labute approximate surface area is 332 Å². The van der Waals surface area contributed by atoms with Crippen molar-refractivity contribution >= 4 is 48.6 Å². The zero-order chi connectivity index (χ0) is 37.3. The van der Waals surface area contributed by atoms with E-state index in [0.29, 0.717) is 0 Å². The van der Waals surface area contributed by atoms with Crippen LogP contribution in [-0.2, 0) is 0 Å². The zero-order valence-electron chi connectivity index (χ0n) is 30.7. The molecule has 10 rings (SSSR count). The van der Waals surface area contributed by atoms with E-state index in [4.69, 9.17) is 0 Å². The first-order valence-corrected chi connectivity index (χ1v) is 19.9. The predicted molar refractivity (Wildman–Crippen MR) is 241 cm³/mol. The SMILES string of the molecule is c1ccc(-c2ccc(N(c3ccc(-c4cccc(-c5ccccc5)c4)cc3)c3ccc(-c4cccc(-c5ccc6sc7ccccc7c6c5)c4)cc3)cc2)cc1. The van der Waals surface area contributed by atoms with Crippen LogP contribution in [0.25, 0.3) is 75.8 Å².